The summed E-state index contributed by atoms with van der Waals surface area (Å²) in [6.07, 6.45) is 4.99. The average molecular weight is 235 g/mol. The molecule has 2 nitrogen and oxygen atoms in total. The third-order valence-electron chi connectivity index (χ3n) is 2.43. The highest BCUT2D eigenvalue weighted by molar-refractivity contribution is 5.54. The van der Waals surface area contributed by atoms with Crippen molar-refractivity contribution in [2.24, 2.45) is 0 Å². The van der Waals surface area contributed by atoms with E-state index in [2.05, 4.69) is 0 Å². The first-order valence-corrected chi connectivity index (χ1v) is 5.66. The quantitative estimate of drug-likeness (QED) is 0.707. The lowest BCUT2D eigenvalue weighted by atomic mass is 10.0. The van der Waals surface area contributed by atoms with E-state index in [1.807, 2.05) is 25.2 Å². The van der Waals surface area contributed by atoms with Gasteiger partial charge in [-0.2, -0.15) is 0 Å². The molecule has 0 fully saturated rings. The van der Waals surface area contributed by atoms with Crippen LogP contribution in [0, 0.1) is 5.82 Å². The molecule has 92 valence electrons. The molecule has 0 saturated carbocycles. The number of carbonyl (C=O) groups is 1. The number of aldehydes is 1. The van der Waals surface area contributed by atoms with E-state index in [4.69, 9.17) is 0 Å². The predicted octanol–water partition coefficient (Wildman–Crippen LogP) is 2.79. The lowest BCUT2D eigenvalue weighted by Gasteiger charge is -2.10. The van der Waals surface area contributed by atoms with Crippen LogP contribution in [-0.4, -0.2) is 25.3 Å². The van der Waals surface area contributed by atoms with E-state index in [1.54, 1.807) is 12.1 Å². The van der Waals surface area contributed by atoms with Crippen LogP contribution in [0.3, 0.4) is 0 Å². The SMILES string of the molecule is CN(C)C=C(CC=O)CCc1ccc(F)cc1. The highest BCUT2D eigenvalue weighted by Gasteiger charge is 2.00. The molecule has 0 aliphatic rings. The normalized spacial score (nSPS) is 11.4. The molecule has 0 radical (unpaired) electrons. The Kier molecular flexibility index (Phi) is 5.40. The van der Waals surface area contributed by atoms with Crippen molar-refractivity contribution in [3.63, 3.8) is 0 Å². The molecule has 1 aromatic rings. The second-order valence-corrected chi connectivity index (χ2v) is 4.25. The summed E-state index contributed by atoms with van der Waals surface area (Å²) in [7, 11) is 3.87. The van der Waals surface area contributed by atoms with E-state index in [9.17, 15) is 9.18 Å². The molecule has 3 heteroatoms. The first-order chi connectivity index (χ1) is 8.11. The Morgan fingerprint density at radius 3 is 2.47 bits per heavy atom. The number of benzene rings is 1. The van der Waals surface area contributed by atoms with Gasteiger partial charge in [0.1, 0.15) is 12.1 Å². The Hall–Kier alpha value is -1.64. The van der Waals surface area contributed by atoms with Crippen LogP contribution in [0.4, 0.5) is 4.39 Å². The monoisotopic (exact) mass is 235 g/mol. The van der Waals surface area contributed by atoms with Crippen LogP contribution in [-0.2, 0) is 11.2 Å². The molecule has 0 heterocycles. The van der Waals surface area contributed by atoms with E-state index in [0.29, 0.717) is 6.42 Å². The molecular weight excluding hydrogens is 217 g/mol. The van der Waals surface area contributed by atoms with Gasteiger partial charge in [0, 0.05) is 20.5 Å². The zero-order valence-electron chi connectivity index (χ0n) is 10.3. The first-order valence-electron chi connectivity index (χ1n) is 5.66. The lowest BCUT2D eigenvalue weighted by molar-refractivity contribution is -0.107. The van der Waals surface area contributed by atoms with E-state index in [0.717, 1.165) is 30.3 Å². The van der Waals surface area contributed by atoms with E-state index >= 15 is 0 Å². The Morgan fingerprint density at radius 1 is 1.29 bits per heavy atom. The molecular formula is C14H18FNO. The Bertz CT molecular complexity index is 382. The minimum Gasteiger partial charge on any atom is -0.384 e. The molecule has 0 N–H and O–H groups in total. The van der Waals surface area contributed by atoms with Crippen molar-refractivity contribution >= 4 is 6.29 Å². The Balaban J connectivity index is 2.57. The van der Waals surface area contributed by atoms with Gasteiger partial charge in [-0.25, -0.2) is 4.39 Å². The van der Waals surface area contributed by atoms with Gasteiger partial charge in [-0.15, -0.1) is 0 Å². The van der Waals surface area contributed by atoms with Gasteiger partial charge in [0.15, 0.2) is 0 Å². The van der Waals surface area contributed by atoms with E-state index < -0.39 is 0 Å². The van der Waals surface area contributed by atoms with Crippen molar-refractivity contribution < 1.29 is 9.18 Å². The van der Waals surface area contributed by atoms with Crippen molar-refractivity contribution in [2.45, 2.75) is 19.3 Å². The fraction of sp³-hybridized carbons (Fsp3) is 0.357. The lowest BCUT2D eigenvalue weighted by Crippen LogP contribution is -2.04. The first kappa shape index (κ1) is 13.4. The molecule has 0 spiro atoms. The molecule has 1 rings (SSSR count). The van der Waals surface area contributed by atoms with Gasteiger partial charge in [0.25, 0.3) is 0 Å². The number of rotatable bonds is 6. The summed E-state index contributed by atoms with van der Waals surface area (Å²) >= 11 is 0. The number of aryl methyl sites for hydroxylation is 1. The zero-order valence-corrected chi connectivity index (χ0v) is 10.3. The Morgan fingerprint density at radius 2 is 1.94 bits per heavy atom. The molecule has 0 amide bonds. The molecule has 0 atom stereocenters. The van der Waals surface area contributed by atoms with Gasteiger partial charge < -0.3 is 9.69 Å². The van der Waals surface area contributed by atoms with Crippen LogP contribution in [0.1, 0.15) is 18.4 Å². The van der Waals surface area contributed by atoms with Crippen LogP contribution < -0.4 is 0 Å². The fourth-order valence-electron chi connectivity index (χ4n) is 1.65. The maximum absolute atomic E-state index is 12.7. The third kappa shape index (κ3) is 5.29. The number of nitrogens with zero attached hydrogens (tertiary/aromatic N) is 1. The largest absolute Gasteiger partial charge is 0.384 e. The summed E-state index contributed by atoms with van der Waals surface area (Å²) < 4.78 is 12.7. The summed E-state index contributed by atoms with van der Waals surface area (Å²) in [5, 5.41) is 0. The second kappa shape index (κ2) is 6.84. The average Bonchev–Trinajstić information content (AvgIpc) is 2.27. The molecule has 0 aromatic heterocycles. The van der Waals surface area contributed by atoms with E-state index in [1.165, 1.54) is 12.1 Å². The van der Waals surface area contributed by atoms with Crippen LogP contribution >= 0.6 is 0 Å². The van der Waals surface area contributed by atoms with Crippen LogP contribution in [0.15, 0.2) is 36.0 Å². The van der Waals surface area contributed by atoms with Crippen molar-refractivity contribution in [3.05, 3.63) is 47.4 Å². The van der Waals surface area contributed by atoms with Gasteiger partial charge in [0.2, 0.25) is 0 Å². The molecule has 0 bridgehead atoms. The number of allylic oxidation sites excluding steroid dienone is 1. The summed E-state index contributed by atoms with van der Waals surface area (Å²) in [6.45, 7) is 0. The predicted molar refractivity (Wildman–Crippen MR) is 67.2 cm³/mol. The van der Waals surface area contributed by atoms with E-state index in [-0.39, 0.29) is 5.82 Å². The van der Waals surface area contributed by atoms with Crippen LogP contribution in [0.2, 0.25) is 0 Å². The summed E-state index contributed by atoms with van der Waals surface area (Å²) in [4.78, 5) is 12.5. The van der Waals surface area contributed by atoms with Crippen LogP contribution in [0.25, 0.3) is 0 Å². The molecule has 1 aromatic carbocycles. The highest BCUT2D eigenvalue weighted by Crippen LogP contribution is 2.12. The van der Waals surface area contributed by atoms with Gasteiger partial charge >= 0.3 is 0 Å². The number of halogens is 1. The van der Waals surface area contributed by atoms with Gasteiger partial charge in [-0.3, -0.25) is 0 Å². The minimum atomic E-state index is -0.217. The highest BCUT2D eigenvalue weighted by atomic mass is 19.1. The van der Waals surface area contributed by atoms with Crippen molar-refractivity contribution in [1.29, 1.82) is 0 Å². The number of hydrogen-bond acceptors (Lipinski definition) is 2. The maximum atomic E-state index is 12.7. The summed E-state index contributed by atoms with van der Waals surface area (Å²) in [5.74, 6) is -0.217. The summed E-state index contributed by atoms with van der Waals surface area (Å²) in [6, 6.07) is 6.49. The van der Waals surface area contributed by atoms with Gasteiger partial charge in [-0.1, -0.05) is 12.1 Å². The Labute approximate surface area is 102 Å². The zero-order chi connectivity index (χ0) is 12.7. The van der Waals surface area contributed by atoms with Gasteiger partial charge in [0.05, 0.1) is 0 Å². The fourth-order valence-corrected chi connectivity index (χ4v) is 1.65. The maximum Gasteiger partial charge on any atom is 0.124 e. The molecule has 0 aliphatic heterocycles. The standard InChI is InChI=1S/C14H18FNO/c1-16(2)11-13(9-10-17)4-3-12-5-7-14(15)8-6-12/h5-8,10-11H,3-4,9H2,1-2H3. The molecule has 0 aliphatic carbocycles. The van der Waals surface area contributed by atoms with Crippen molar-refractivity contribution in [1.82, 2.24) is 4.90 Å². The topological polar surface area (TPSA) is 20.3 Å². The number of hydrogen-bond donors (Lipinski definition) is 0. The van der Waals surface area contributed by atoms with Gasteiger partial charge in [-0.05, 0) is 42.3 Å². The molecule has 17 heavy (non-hydrogen) atoms. The molecule has 0 saturated heterocycles. The summed E-state index contributed by atoms with van der Waals surface area (Å²) in [5.41, 5.74) is 2.18. The van der Waals surface area contributed by atoms with Crippen molar-refractivity contribution in [2.75, 3.05) is 14.1 Å². The molecule has 0 unspecified atom stereocenters. The van der Waals surface area contributed by atoms with Crippen LogP contribution in [0.5, 0.6) is 0 Å². The third-order valence-corrected chi connectivity index (χ3v) is 2.43. The minimum absolute atomic E-state index is 0.217. The smallest absolute Gasteiger partial charge is 0.124 e. The van der Waals surface area contributed by atoms with Crippen molar-refractivity contribution in [3.8, 4) is 0 Å². The number of carbonyl (C=O) groups excluding carboxylic acids is 1. The second-order valence-electron chi connectivity index (χ2n) is 4.25.